The standard InChI is InChI=1S/C33H41Cl2N5O4S/c1-22-20-23(2)37-31-25(22)6-5-7-28(31)44-21-26-27(34)8-9-29(30(26)35)45(42,43)38-33(12-3-4-13-33)32(41)40-16-10-24(11-17-40)39-18-14-36-15-19-39/h5-9,20,24,36,38H,3-4,10-19,21H2,1-2H3. The lowest BCUT2D eigenvalue weighted by Gasteiger charge is -2.42. The third kappa shape index (κ3) is 6.68. The average molecular weight is 675 g/mol. The van der Waals surface area contributed by atoms with Crippen LogP contribution in [0.2, 0.25) is 10.0 Å². The summed E-state index contributed by atoms with van der Waals surface area (Å²) in [6, 6.07) is 11.1. The summed E-state index contributed by atoms with van der Waals surface area (Å²) < 4.78 is 36.9. The van der Waals surface area contributed by atoms with Crippen molar-refractivity contribution in [3.63, 3.8) is 0 Å². The first-order valence-electron chi connectivity index (χ1n) is 15.8. The Morgan fingerprint density at radius 2 is 1.78 bits per heavy atom. The van der Waals surface area contributed by atoms with Crippen LogP contribution in [-0.2, 0) is 21.4 Å². The molecule has 2 N–H and O–H groups in total. The monoisotopic (exact) mass is 673 g/mol. The Morgan fingerprint density at radius 3 is 2.49 bits per heavy atom. The first-order valence-corrected chi connectivity index (χ1v) is 18.1. The Balaban J connectivity index is 1.20. The van der Waals surface area contributed by atoms with Gasteiger partial charge in [0.25, 0.3) is 0 Å². The Hall–Kier alpha value is -2.47. The number of amides is 1. The van der Waals surface area contributed by atoms with Gasteiger partial charge in [0.15, 0.2) is 0 Å². The van der Waals surface area contributed by atoms with Crippen molar-refractivity contribution in [2.75, 3.05) is 39.3 Å². The maximum Gasteiger partial charge on any atom is 0.243 e. The number of hydrogen-bond acceptors (Lipinski definition) is 7. The van der Waals surface area contributed by atoms with Gasteiger partial charge in [-0.3, -0.25) is 9.69 Å². The van der Waals surface area contributed by atoms with Gasteiger partial charge in [0.05, 0.1) is 5.02 Å². The topological polar surface area (TPSA) is 104 Å². The van der Waals surface area contributed by atoms with Crippen LogP contribution in [0.1, 0.15) is 55.3 Å². The van der Waals surface area contributed by atoms with Gasteiger partial charge in [-0.2, -0.15) is 4.72 Å². The van der Waals surface area contributed by atoms with Crippen molar-refractivity contribution in [2.24, 2.45) is 0 Å². The highest BCUT2D eigenvalue weighted by molar-refractivity contribution is 7.89. The van der Waals surface area contributed by atoms with E-state index >= 15 is 0 Å². The molecule has 1 aromatic heterocycles. The third-order valence-corrected chi connectivity index (χ3v) is 12.0. The lowest BCUT2D eigenvalue weighted by molar-refractivity contribution is -0.139. The highest BCUT2D eigenvalue weighted by Crippen LogP contribution is 2.38. The zero-order valence-electron chi connectivity index (χ0n) is 25.9. The van der Waals surface area contributed by atoms with E-state index in [9.17, 15) is 13.2 Å². The number of piperazine rings is 1. The van der Waals surface area contributed by atoms with Crippen LogP contribution >= 0.6 is 23.2 Å². The van der Waals surface area contributed by atoms with Crippen molar-refractivity contribution in [3.8, 4) is 5.75 Å². The third-order valence-electron chi connectivity index (χ3n) is 9.57. The van der Waals surface area contributed by atoms with Gasteiger partial charge >= 0.3 is 0 Å². The van der Waals surface area contributed by atoms with E-state index < -0.39 is 15.6 Å². The van der Waals surface area contributed by atoms with Crippen LogP contribution in [0.4, 0.5) is 0 Å². The minimum absolute atomic E-state index is 0.0204. The van der Waals surface area contributed by atoms with Crippen LogP contribution in [0.15, 0.2) is 41.3 Å². The van der Waals surface area contributed by atoms with Gasteiger partial charge in [-0.05, 0) is 69.4 Å². The van der Waals surface area contributed by atoms with Crippen molar-refractivity contribution >= 4 is 50.0 Å². The lowest BCUT2D eigenvalue weighted by atomic mass is 9.94. The number of pyridine rings is 1. The van der Waals surface area contributed by atoms with Gasteiger partial charge in [0.2, 0.25) is 15.9 Å². The molecule has 0 atom stereocenters. The summed E-state index contributed by atoms with van der Waals surface area (Å²) in [5.41, 5.74) is 1.82. The SMILES string of the molecule is Cc1cc(C)c2cccc(OCc3c(Cl)ccc(S(=O)(=O)NC4(C(=O)N5CCC(N6CCNCC6)CC5)CCCC4)c3Cl)c2n1. The second-order valence-corrected chi connectivity index (χ2v) is 15.0. The maximum atomic E-state index is 14.0. The minimum Gasteiger partial charge on any atom is -0.487 e. The molecule has 3 heterocycles. The number of carbonyl (C=O) groups excluding carboxylic acids is 1. The molecule has 12 heteroatoms. The smallest absolute Gasteiger partial charge is 0.243 e. The zero-order valence-corrected chi connectivity index (χ0v) is 28.2. The van der Waals surface area contributed by atoms with Gasteiger partial charge in [-0.25, -0.2) is 13.4 Å². The van der Waals surface area contributed by atoms with E-state index in [-0.39, 0.29) is 22.4 Å². The second-order valence-electron chi connectivity index (χ2n) is 12.6. The Bertz CT molecular complexity index is 1680. The lowest BCUT2D eigenvalue weighted by Crippen LogP contribution is -2.60. The van der Waals surface area contributed by atoms with Gasteiger partial charge in [-0.15, -0.1) is 0 Å². The second kappa shape index (κ2) is 13.3. The molecule has 3 aromatic rings. The molecule has 1 aliphatic carbocycles. The fourth-order valence-corrected chi connectivity index (χ4v) is 9.48. The molecule has 3 aliphatic rings. The highest BCUT2D eigenvalue weighted by atomic mass is 35.5. The molecule has 2 aromatic carbocycles. The summed E-state index contributed by atoms with van der Waals surface area (Å²) in [5, 5.41) is 4.63. The number of piperidine rings is 1. The molecule has 45 heavy (non-hydrogen) atoms. The van der Waals surface area contributed by atoms with E-state index in [1.165, 1.54) is 12.1 Å². The van der Waals surface area contributed by atoms with Gasteiger partial charge in [0.1, 0.15) is 28.3 Å². The summed E-state index contributed by atoms with van der Waals surface area (Å²) in [6.45, 7) is 9.18. The fraction of sp³-hybridized carbons (Fsp3) is 0.515. The molecule has 242 valence electrons. The van der Waals surface area contributed by atoms with Crippen LogP contribution < -0.4 is 14.8 Å². The van der Waals surface area contributed by atoms with Crippen molar-refractivity contribution in [2.45, 2.75) is 75.5 Å². The molecule has 6 rings (SSSR count). The Labute approximate surface area is 275 Å². The number of aryl methyl sites for hydroxylation is 2. The summed E-state index contributed by atoms with van der Waals surface area (Å²) in [5.74, 6) is 0.416. The molecule has 2 aliphatic heterocycles. The van der Waals surface area contributed by atoms with Crippen LogP contribution in [0.5, 0.6) is 5.75 Å². The number of sulfonamides is 1. The highest BCUT2D eigenvalue weighted by Gasteiger charge is 2.47. The number of nitrogens with zero attached hydrogens (tertiary/aromatic N) is 3. The van der Waals surface area contributed by atoms with E-state index in [4.69, 9.17) is 27.9 Å². The molecular formula is C33H41Cl2N5O4S. The molecule has 0 bridgehead atoms. The largest absolute Gasteiger partial charge is 0.487 e. The molecule has 3 fully saturated rings. The first-order chi connectivity index (χ1) is 21.6. The van der Waals surface area contributed by atoms with Crippen LogP contribution in [0, 0.1) is 13.8 Å². The van der Waals surface area contributed by atoms with Gasteiger partial charge in [0, 0.05) is 67.0 Å². The number of likely N-dealkylation sites (tertiary alicyclic amines) is 1. The Morgan fingerprint density at radius 1 is 1.07 bits per heavy atom. The normalized spacial score (nSPS) is 19.7. The summed E-state index contributed by atoms with van der Waals surface area (Å²) in [6.07, 6.45) is 4.25. The minimum atomic E-state index is -4.18. The maximum absolute atomic E-state index is 14.0. The zero-order chi connectivity index (χ0) is 31.8. The summed E-state index contributed by atoms with van der Waals surface area (Å²) in [7, 11) is -4.18. The van der Waals surface area contributed by atoms with E-state index in [1.807, 2.05) is 43.0 Å². The molecule has 9 nitrogen and oxygen atoms in total. The molecule has 2 saturated heterocycles. The van der Waals surface area contributed by atoms with Crippen molar-refractivity contribution in [1.82, 2.24) is 24.8 Å². The number of ether oxygens (including phenoxy) is 1. The number of rotatable bonds is 8. The van der Waals surface area contributed by atoms with E-state index in [2.05, 4.69) is 19.9 Å². The predicted molar refractivity (Wildman–Crippen MR) is 178 cm³/mol. The number of benzene rings is 2. The van der Waals surface area contributed by atoms with Crippen LogP contribution in [0.3, 0.4) is 0 Å². The molecular weight excluding hydrogens is 633 g/mol. The Kier molecular flexibility index (Phi) is 9.62. The summed E-state index contributed by atoms with van der Waals surface area (Å²) in [4.78, 5) is 22.9. The van der Waals surface area contributed by atoms with Crippen molar-refractivity contribution in [1.29, 1.82) is 0 Å². The number of hydrogen-bond donors (Lipinski definition) is 2. The number of fused-ring (bicyclic) bond motifs is 1. The number of nitrogens with one attached hydrogen (secondary N) is 2. The van der Waals surface area contributed by atoms with E-state index in [1.54, 1.807) is 0 Å². The van der Waals surface area contributed by atoms with E-state index in [0.717, 1.165) is 68.5 Å². The fourth-order valence-electron chi connectivity index (χ4n) is 7.17. The van der Waals surface area contributed by atoms with Crippen molar-refractivity contribution in [3.05, 3.63) is 63.3 Å². The van der Waals surface area contributed by atoms with Gasteiger partial charge in [-0.1, -0.05) is 48.2 Å². The number of carbonyl (C=O) groups is 1. The molecule has 1 amide bonds. The molecule has 0 spiro atoms. The average Bonchev–Trinajstić information content (AvgIpc) is 3.50. The van der Waals surface area contributed by atoms with Gasteiger partial charge < -0.3 is 15.0 Å². The summed E-state index contributed by atoms with van der Waals surface area (Å²) >= 11 is 13.3. The molecule has 0 unspecified atom stereocenters. The molecule has 0 radical (unpaired) electrons. The quantitative estimate of drug-likeness (QED) is 0.338. The van der Waals surface area contributed by atoms with Crippen LogP contribution in [0.25, 0.3) is 10.9 Å². The number of aromatic nitrogens is 1. The number of halogens is 2. The van der Waals surface area contributed by atoms with Crippen molar-refractivity contribution < 1.29 is 17.9 Å². The number of para-hydroxylation sites is 1. The van der Waals surface area contributed by atoms with Crippen LogP contribution in [-0.4, -0.2) is 80.0 Å². The first kappa shape index (κ1) is 32.5. The van der Waals surface area contributed by atoms with E-state index in [0.29, 0.717) is 53.8 Å². The predicted octanol–water partition coefficient (Wildman–Crippen LogP) is 5.22. The molecule has 1 saturated carbocycles.